The number of methoxy groups -OCH3 is 1. The topological polar surface area (TPSA) is 112 Å². The summed E-state index contributed by atoms with van der Waals surface area (Å²) in [5.41, 5.74) is 2.47. The van der Waals surface area contributed by atoms with E-state index in [1.54, 1.807) is 20.4 Å². The molecule has 1 aliphatic heterocycles. The first-order chi connectivity index (χ1) is 17.5. The number of imidazole rings is 1. The lowest BCUT2D eigenvalue weighted by molar-refractivity contribution is -0.126. The number of ether oxygens (including phenoxy) is 1. The average molecular weight is 493 g/mol. The molecule has 0 unspecified atom stereocenters. The molecule has 0 bridgehead atoms. The van der Waals surface area contributed by atoms with E-state index in [0.717, 1.165) is 67.2 Å². The molecule has 1 aliphatic rings. The van der Waals surface area contributed by atoms with Crippen LogP contribution >= 0.6 is 0 Å². The van der Waals surface area contributed by atoms with Crippen LogP contribution in [0.5, 0.6) is 5.88 Å². The normalized spacial score (nSPS) is 16.7. The van der Waals surface area contributed by atoms with Gasteiger partial charge in [-0.1, -0.05) is 31.0 Å². The molecular weight excluding hydrogens is 456 g/mol. The van der Waals surface area contributed by atoms with Crippen molar-refractivity contribution in [1.29, 1.82) is 0 Å². The van der Waals surface area contributed by atoms with Crippen LogP contribution in [0.4, 0.5) is 0 Å². The van der Waals surface area contributed by atoms with Gasteiger partial charge in [0.2, 0.25) is 17.7 Å². The van der Waals surface area contributed by atoms with Gasteiger partial charge < -0.3 is 20.4 Å². The van der Waals surface area contributed by atoms with Crippen molar-refractivity contribution >= 4 is 22.7 Å². The van der Waals surface area contributed by atoms with Crippen LogP contribution in [0.3, 0.4) is 0 Å². The molecule has 3 N–H and O–H groups in total. The van der Waals surface area contributed by atoms with Gasteiger partial charge in [-0.25, -0.2) is 9.97 Å². The fraction of sp³-hybridized carbons (Fsp3) is 0.481. The number of unbranched alkanes of at least 4 members (excludes halogenated alkanes) is 2. The molecule has 0 radical (unpaired) electrons. The molecule has 1 aromatic carbocycles. The number of aromatic amines is 1. The molecule has 9 nitrogen and oxygen atoms in total. The molecule has 192 valence electrons. The van der Waals surface area contributed by atoms with Crippen LogP contribution in [0.15, 0.2) is 36.5 Å². The first kappa shape index (κ1) is 25.6. The van der Waals surface area contributed by atoms with Crippen molar-refractivity contribution in [3.05, 3.63) is 42.4 Å². The Morgan fingerprint density at radius 2 is 2.08 bits per heavy atom. The highest BCUT2D eigenvalue weighted by Crippen LogP contribution is 2.32. The number of H-pyrrole nitrogens is 1. The number of nitrogens with zero attached hydrogens (tertiary/aromatic N) is 3. The fourth-order valence-electron chi connectivity index (χ4n) is 4.82. The van der Waals surface area contributed by atoms with E-state index in [1.807, 2.05) is 37.4 Å². The van der Waals surface area contributed by atoms with Crippen molar-refractivity contribution in [1.82, 2.24) is 30.5 Å². The number of hydrogen-bond donors (Lipinski definition) is 3. The van der Waals surface area contributed by atoms with E-state index in [2.05, 4.69) is 30.5 Å². The monoisotopic (exact) mass is 492 g/mol. The first-order valence-corrected chi connectivity index (χ1v) is 12.7. The van der Waals surface area contributed by atoms with Gasteiger partial charge in [0.25, 0.3) is 0 Å². The van der Waals surface area contributed by atoms with E-state index in [9.17, 15) is 9.59 Å². The molecular formula is C27H36N6O3. The molecule has 9 heteroatoms. The predicted molar refractivity (Wildman–Crippen MR) is 140 cm³/mol. The van der Waals surface area contributed by atoms with Crippen molar-refractivity contribution in [3.63, 3.8) is 0 Å². The highest BCUT2D eigenvalue weighted by atomic mass is 16.5. The SMILES string of the molecule is CNC(=O)CCCCC[C@H](NC(=O)[C@@H]1CCCN1C)c1ncc(-c2cc3ccccc3nc2OC)[nH]1. The highest BCUT2D eigenvalue weighted by molar-refractivity contribution is 5.85. The number of pyridine rings is 1. The number of benzene rings is 1. The van der Waals surface area contributed by atoms with Crippen LogP contribution in [0.1, 0.15) is 56.8 Å². The Hall–Kier alpha value is -3.46. The molecule has 2 atom stereocenters. The second-order valence-electron chi connectivity index (χ2n) is 9.39. The summed E-state index contributed by atoms with van der Waals surface area (Å²) in [5, 5.41) is 6.91. The van der Waals surface area contributed by atoms with Crippen LogP contribution in [0, 0.1) is 0 Å². The Labute approximate surface area is 212 Å². The number of aromatic nitrogens is 3. The van der Waals surface area contributed by atoms with Gasteiger partial charge in [-0.3, -0.25) is 14.5 Å². The predicted octanol–water partition coefficient (Wildman–Crippen LogP) is 3.58. The Kier molecular flexibility index (Phi) is 8.53. The van der Waals surface area contributed by atoms with Gasteiger partial charge in [0.15, 0.2) is 0 Å². The number of hydrogen-bond acceptors (Lipinski definition) is 6. The van der Waals surface area contributed by atoms with Gasteiger partial charge in [-0.05, 0) is 51.4 Å². The molecule has 0 saturated carbocycles. The molecule has 0 spiro atoms. The van der Waals surface area contributed by atoms with E-state index in [0.29, 0.717) is 18.1 Å². The van der Waals surface area contributed by atoms with Crippen LogP contribution in [-0.4, -0.2) is 65.5 Å². The molecule has 4 rings (SSSR count). The van der Waals surface area contributed by atoms with Crippen LogP contribution in [-0.2, 0) is 9.59 Å². The third-order valence-corrected chi connectivity index (χ3v) is 6.91. The molecule has 36 heavy (non-hydrogen) atoms. The summed E-state index contributed by atoms with van der Waals surface area (Å²) in [6, 6.07) is 9.58. The summed E-state index contributed by atoms with van der Waals surface area (Å²) in [5.74, 6) is 1.32. The summed E-state index contributed by atoms with van der Waals surface area (Å²) < 4.78 is 5.57. The average Bonchev–Trinajstić information content (AvgIpc) is 3.56. The van der Waals surface area contributed by atoms with Crippen molar-refractivity contribution in [3.8, 4) is 17.1 Å². The summed E-state index contributed by atoms with van der Waals surface area (Å²) in [6.07, 6.45) is 7.50. The summed E-state index contributed by atoms with van der Waals surface area (Å²) in [6.45, 7) is 0.932. The zero-order valence-electron chi connectivity index (χ0n) is 21.3. The Morgan fingerprint density at radius 3 is 2.83 bits per heavy atom. The molecule has 1 saturated heterocycles. The Bertz CT molecular complexity index is 1190. The van der Waals surface area contributed by atoms with Gasteiger partial charge in [-0.15, -0.1) is 0 Å². The van der Waals surface area contributed by atoms with Gasteiger partial charge in [0.1, 0.15) is 5.82 Å². The summed E-state index contributed by atoms with van der Waals surface area (Å²) in [7, 11) is 5.26. The quantitative estimate of drug-likeness (QED) is 0.353. The van der Waals surface area contributed by atoms with Gasteiger partial charge in [0, 0.05) is 18.9 Å². The van der Waals surface area contributed by atoms with E-state index in [4.69, 9.17) is 4.74 Å². The minimum Gasteiger partial charge on any atom is -0.480 e. The number of likely N-dealkylation sites (N-methyl/N-ethyl adjacent to an activating group) is 1. The number of fused-ring (bicyclic) bond motifs is 1. The molecule has 1 fully saturated rings. The van der Waals surface area contributed by atoms with Gasteiger partial charge in [-0.2, -0.15) is 0 Å². The lowest BCUT2D eigenvalue weighted by atomic mass is 10.1. The third-order valence-electron chi connectivity index (χ3n) is 6.91. The lowest BCUT2D eigenvalue weighted by Crippen LogP contribution is -2.43. The molecule has 3 aromatic rings. The first-order valence-electron chi connectivity index (χ1n) is 12.7. The number of nitrogens with one attached hydrogen (secondary N) is 3. The zero-order valence-corrected chi connectivity index (χ0v) is 21.3. The molecule has 2 aromatic heterocycles. The number of rotatable bonds is 11. The second-order valence-corrected chi connectivity index (χ2v) is 9.39. The van der Waals surface area contributed by atoms with Crippen LogP contribution in [0.2, 0.25) is 0 Å². The zero-order chi connectivity index (χ0) is 25.5. The fourth-order valence-corrected chi connectivity index (χ4v) is 4.82. The van der Waals surface area contributed by atoms with Gasteiger partial charge in [0.05, 0.1) is 42.2 Å². The van der Waals surface area contributed by atoms with E-state index >= 15 is 0 Å². The van der Waals surface area contributed by atoms with Crippen molar-refractivity contribution < 1.29 is 14.3 Å². The molecule has 3 heterocycles. The van der Waals surface area contributed by atoms with Crippen molar-refractivity contribution in [2.75, 3.05) is 27.7 Å². The maximum atomic E-state index is 13.1. The number of carbonyl (C=O) groups is 2. The van der Waals surface area contributed by atoms with E-state index in [-0.39, 0.29) is 23.9 Å². The number of likely N-dealkylation sites (tertiary alicyclic amines) is 1. The van der Waals surface area contributed by atoms with Crippen LogP contribution < -0.4 is 15.4 Å². The maximum Gasteiger partial charge on any atom is 0.237 e. The standard InChI is InChI=1S/C27H36N6O3/c1-28-24(34)14-6-4-5-12-21(31-26(35)23-13-9-15-33(23)2)25-29-17-22(30-25)19-16-18-10-7-8-11-20(18)32-27(19)36-3/h7-8,10-11,16-17,21,23H,4-6,9,12-15H2,1-3H3,(H,28,34)(H,29,30)(H,31,35)/t21-,23-/m0/s1. The largest absolute Gasteiger partial charge is 0.480 e. The van der Waals surface area contributed by atoms with Crippen molar-refractivity contribution in [2.45, 2.75) is 57.0 Å². The summed E-state index contributed by atoms with van der Waals surface area (Å²) >= 11 is 0. The number of carbonyl (C=O) groups excluding carboxylic acids is 2. The van der Waals surface area contributed by atoms with Gasteiger partial charge >= 0.3 is 0 Å². The smallest absolute Gasteiger partial charge is 0.237 e. The molecule has 2 amide bonds. The van der Waals surface area contributed by atoms with Crippen LogP contribution in [0.25, 0.3) is 22.2 Å². The Balaban J connectivity index is 1.53. The third kappa shape index (κ3) is 6.02. The molecule has 0 aliphatic carbocycles. The lowest BCUT2D eigenvalue weighted by Gasteiger charge is -2.23. The Morgan fingerprint density at radius 1 is 1.25 bits per heavy atom. The second kappa shape index (κ2) is 12.0. The number of para-hydroxylation sites is 1. The number of amides is 2. The van der Waals surface area contributed by atoms with E-state index < -0.39 is 0 Å². The summed E-state index contributed by atoms with van der Waals surface area (Å²) in [4.78, 5) is 39.5. The van der Waals surface area contributed by atoms with E-state index in [1.165, 1.54) is 0 Å². The minimum absolute atomic E-state index is 0.0354. The minimum atomic E-state index is -0.250. The maximum absolute atomic E-state index is 13.1. The highest BCUT2D eigenvalue weighted by Gasteiger charge is 2.30. The van der Waals surface area contributed by atoms with Crippen molar-refractivity contribution in [2.24, 2.45) is 0 Å².